The van der Waals surface area contributed by atoms with Gasteiger partial charge in [0.05, 0.1) is 6.54 Å². The van der Waals surface area contributed by atoms with Crippen molar-refractivity contribution in [1.82, 2.24) is 10.5 Å². The second kappa shape index (κ2) is 5.90. The van der Waals surface area contributed by atoms with Crippen LogP contribution in [0.4, 0.5) is 5.82 Å². The quantitative estimate of drug-likeness (QED) is 0.715. The van der Waals surface area contributed by atoms with Crippen molar-refractivity contribution in [2.45, 2.75) is 18.4 Å². The first-order chi connectivity index (χ1) is 10.6. The number of carbonyl (C=O) groups excluding carboxylic acids is 2. The van der Waals surface area contributed by atoms with Gasteiger partial charge in [-0.3, -0.25) is 14.9 Å². The number of thiophene rings is 1. The number of aliphatic hydroxyl groups is 1. The van der Waals surface area contributed by atoms with Crippen molar-refractivity contribution in [2.24, 2.45) is 5.92 Å². The van der Waals surface area contributed by atoms with Gasteiger partial charge in [0.25, 0.3) is 0 Å². The molecule has 0 aromatic carbocycles. The Labute approximate surface area is 130 Å². The smallest absolute Gasteiger partial charge is 0.314 e. The molecule has 116 valence electrons. The molecular formula is C14H15N3O4S. The van der Waals surface area contributed by atoms with Crippen LogP contribution in [-0.4, -0.2) is 28.6 Å². The number of nitrogens with zero attached hydrogens (tertiary/aromatic N) is 1. The molecule has 0 spiro atoms. The van der Waals surface area contributed by atoms with E-state index in [1.165, 1.54) is 23.7 Å². The third kappa shape index (κ3) is 3.02. The van der Waals surface area contributed by atoms with Gasteiger partial charge < -0.3 is 14.9 Å². The molecule has 2 heterocycles. The molecule has 0 bridgehead atoms. The van der Waals surface area contributed by atoms with E-state index in [2.05, 4.69) is 20.3 Å². The molecule has 7 nitrogen and oxygen atoms in total. The van der Waals surface area contributed by atoms with E-state index in [9.17, 15) is 14.7 Å². The number of nitrogens with one attached hydrogen (secondary N) is 2. The molecule has 1 saturated carbocycles. The van der Waals surface area contributed by atoms with Gasteiger partial charge in [-0.25, -0.2) is 0 Å². The van der Waals surface area contributed by atoms with Crippen LogP contribution >= 0.6 is 11.3 Å². The van der Waals surface area contributed by atoms with Crippen LogP contribution in [0.15, 0.2) is 34.4 Å². The van der Waals surface area contributed by atoms with Gasteiger partial charge in [0, 0.05) is 10.9 Å². The lowest BCUT2D eigenvalue weighted by atomic mass is 9.95. The van der Waals surface area contributed by atoms with Gasteiger partial charge in [-0.1, -0.05) is 11.2 Å². The second-order valence-electron chi connectivity index (χ2n) is 5.20. The van der Waals surface area contributed by atoms with Crippen LogP contribution in [0.2, 0.25) is 0 Å². The molecule has 0 radical (unpaired) electrons. The number of amides is 2. The van der Waals surface area contributed by atoms with Crippen molar-refractivity contribution in [3.8, 4) is 0 Å². The Balaban J connectivity index is 1.60. The molecule has 2 aromatic heterocycles. The van der Waals surface area contributed by atoms with E-state index < -0.39 is 17.4 Å². The summed E-state index contributed by atoms with van der Waals surface area (Å²) in [6, 6.07) is 5.12. The maximum atomic E-state index is 11.8. The normalized spacial score (nSPS) is 16.8. The summed E-state index contributed by atoms with van der Waals surface area (Å²) in [7, 11) is 0. The van der Waals surface area contributed by atoms with Gasteiger partial charge in [0.2, 0.25) is 0 Å². The maximum absolute atomic E-state index is 11.8. The Morgan fingerprint density at radius 3 is 2.82 bits per heavy atom. The summed E-state index contributed by atoms with van der Waals surface area (Å²) in [4.78, 5) is 24.4. The Kier molecular flexibility index (Phi) is 3.95. The van der Waals surface area contributed by atoms with E-state index in [-0.39, 0.29) is 18.3 Å². The van der Waals surface area contributed by atoms with Crippen molar-refractivity contribution >= 4 is 29.0 Å². The fourth-order valence-electron chi connectivity index (χ4n) is 2.26. The second-order valence-corrected chi connectivity index (χ2v) is 6.15. The molecule has 3 N–H and O–H groups in total. The zero-order chi connectivity index (χ0) is 15.6. The predicted octanol–water partition coefficient (Wildman–Crippen LogP) is 1.09. The zero-order valence-corrected chi connectivity index (χ0v) is 12.4. The summed E-state index contributed by atoms with van der Waals surface area (Å²) in [6.45, 7) is 0.00322. The highest BCUT2D eigenvalue weighted by atomic mass is 32.1. The van der Waals surface area contributed by atoms with Crippen molar-refractivity contribution in [2.75, 3.05) is 11.9 Å². The van der Waals surface area contributed by atoms with Gasteiger partial charge in [0.15, 0.2) is 5.82 Å². The highest BCUT2D eigenvalue weighted by Crippen LogP contribution is 2.46. The number of anilines is 1. The summed E-state index contributed by atoms with van der Waals surface area (Å²) in [5, 5.41) is 21.0. The van der Waals surface area contributed by atoms with Gasteiger partial charge in [0.1, 0.15) is 11.9 Å². The monoisotopic (exact) mass is 321 g/mol. The molecule has 1 aliphatic carbocycles. The van der Waals surface area contributed by atoms with Crippen molar-refractivity contribution in [3.05, 3.63) is 34.7 Å². The Bertz CT molecular complexity index is 652. The highest BCUT2D eigenvalue weighted by Gasteiger charge is 2.46. The average Bonchev–Trinajstić information content (AvgIpc) is 3.01. The number of aromatic nitrogens is 1. The molecule has 0 aliphatic heterocycles. The molecule has 1 atom stereocenters. The molecule has 0 saturated heterocycles. The topological polar surface area (TPSA) is 104 Å². The third-order valence-electron chi connectivity index (χ3n) is 3.60. The SMILES string of the molecule is O=C(NCC(O)(c1cccs1)C1CC1)C(=O)Nc1ccon1. The van der Waals surface area contributed by atoms with E-state index in [0.29, 0.717) is 0 Å². The molecule has 22 heavy (non-hydrogen) atoms. The highest BCUT2D eigenvalue weighted by molar-refractivity contribution is 7.10. The standard InChI is InChI=1S/C14H15N3O4S/c18-12(13(19)16-11-5-6-21-17-11)15-8-14(20,9-3-4-9)10-2-1-7-22-10/h1-2,5-7,9,20H,3-4,8H2,(H,15,18)(H,16,17,19). The lowest BCUT2D eigenvalue weighted by molar-refractivity contribution is -0.137. The van der Waals surface area contributed by atoms with Crippen LogP contribution in [0, 0.1) is 5.92 Å². The van der Waals surface area contributed by atoms with Crippen LogP contribution in [0.25, 0.3) is 0 Å². The van der Waals surface area contributed by atoms with Crippen LogP contribution in [0.1, 0.15) is 17.7 Å². The van der Waals surface area contributed by atoms with E-state index in [1.807, 2.05) is 17.5 Å². The first-order valence-electron chi connectivity index (χ1n) is 6.85. The molecule has 1 unspecified atom stereocenters. The lowest BCUT2D eigenvalue weighted by Crippen LogP contribution is -2.45. The largest absolute Gasteiger partial charge is 0.382 e. The van der Waals surface area contributed by atoms with Gasteiger partial charge >= 0.3 is 11.8 Å². The Morgan fingerprint density at radius 2 is 2.23 bits per heavy atom. The molecule has 1 fully saturated rings. The fourth-order valence-corrected chi connectivity index (χ4v) is 3.17. The number of hydrogen-bond donors (Lipinski definition) is 3. The molecule has 2 amide bonds. The summed E-state index contributed by atoms with van der Waals surface area (Å²) >= 11 is 1.44. The number of carbonyl (C=O) groups is 2. The first kappa shape index (κ1) is 14.7. The minimum absolute atomic E-state index is 0.00322. The van der Waals surface area contributed by atoms with Crippen molar-refractivity contribution in [3.63, 3.8) is 0 Å². The molecule has 1 aliphatic rings. The first-order valence-corrected chi connectivity index (χ1v) is 7.73. The van der Waals surface area contributed by atoms with Crippen LogP contribution in [0.5, 0.6) is 0 Å². The number of hydrogen-bond acceptors (Lipinski definition) is 6. The number of rotatable bonds is 5. The average molecular weight is 321 g/mol. The predicted molar refractivity (Wildman–Crippen MR) is 79.1 cm³/mol. The molecule has 2 aromatic rings. The minimum Gasteiger partial charge on any atom is -0.382 e. The van der Waals surface area contributed by atoms with E-state index in [0.717, 1.165) is 17.7 Å². The maximum Gasteiger partial charge on any atom is 0.314 e. The van der Waals surface area contributed by atoms with Crippen molar-refractivity contribution in [1.29, 1.82) is 0 Å². The fraction of sp³-hybridized carbons (Fsp3) is 0.357. The zero-order valence-electron chi connectivity index (χ0n) is 11.6. The molecular weight excluding hydrogens is 306 g/mol. The third-order valence-corrected chi connectivity index (χ3v) is 4.64. The van der Waals surface area contributed by atoms with Gasteiger partial charge in [-0.15, -0.1) is 11.3 Å². The lowest BCUT2D eigenvalue weighted by Gasteiger charge is -2.27. The summed E-state index contributed by atoms with van der Waals surface area (Å²) in [6.07, 6.45) is 3.11. The van der Waals surface area contributed by atoms with Crippen LogP contribution in [0.3, 0.4) is 0 Å². The van der Waals surface area contributed by atoms with Crippen LogP contribution < -0.4 is 10.6 Å². The minimum atomic E-state index is -1.11. The summed E-state index contributed by atoms with van der Waals surface area (Å²) < 4.78 is 4.56. The van der Waals surface area contributed by atoms with E-state index in [4.69, 9.17) is 0 Å². The van der Waals surface area contributed by atoms with E-state index >= 15 is 0 Å². The molecule has 8 heteroatoms. The Hall–Kier alpha value is -2.19. The van der Waals surface area contributed by atoms with Crippen molar-refractivity contribution < 1.29 is 19.2 Å². The summed E-state index contributed by atoms with van der Waals surface area (Å²) in [5.74, 6) is -1.39. The van der Waals surface area contributed by atoms with Gasteiger partial charge in [-0.2, -0.15) is 0 Å². The molecule has 3 rings (SSSR count). The van der Waals surface area contributed by atoms with Crippen LogP contribution in [-0.2, 0) is 15.2 Å². The van der Waals surface area contributed by atoms with E-state index in [1.54, 1.807) is 0 Å². The van der Waals surface area contributed by atoms with Gasteiger partial charge in [-0.05, 0) is 30.2 Å². The Morgan fingerprint density at radius 1 is 1.41 bits per heavy atom. The summed E-state index contributed by atoms with van der Waals surface area (Å²) in [5.41, 5.74) is -1.11.